The quantitative estimate of drug-likeness (QED) is 0.925. The maximum atomic E-state index is 4.82. The standard InChI is InChI=1S/C15H23N3S2/c1-7-10-9(2)20-13(17-10)12(16-6)11-8-19-14(18-11)15(3,4)5/h8,12,16H,7H2,1-6H3. The van der Waals surface area contributed by atoms with Crippen LogP contribution in [-0.2, 0) is 11.8 Å². The summed E-state index contributed by atoms with van der Waals surface area (Å²) in [6, 6.07) is 0.103. The Morgan fingerprint density at radius 1 is 1.30 bits per heavy atom. The van der Waals surface area contributed by atoms with Crippen LogP contribution in [0.1, 0.15) is 60.0 Å². The van der Waals surface area contributed by atoms with E-state index in [0.717, 1.165) is 17.1 Å². The molecule has 1 unspecified atom stereocenters. The molecule has 1 N–H and O–H groups in total. The number of rotatable bonds is 4. The third-order valence-electron chi connectivity index (χ3n) is 3.24. The number of nitrogens with one attached hydrogen (secondary N) is 1. The smallest absolute Gasteiger partial charge is 0.116 e. The van der Waals surface area contributed by atoms with Crippen LogP contribution in [0.2, 0.25) is 0 Å². The number of hydrogen-bond donors (Lipinski definition) is 1. The number of aryl methyl sites for hydroxylation is 2. The molecule has 20 heavy (non-hydrogen) atoms. The van der Waals surface area contributed by atoms with Crippen LogP contribution >= 0.6 is 22.7 Å². The summed E-state index contributed by atoms with van der Waals surface area (Å²) in [5, 5.41) is 7.81. The van der Waals surface area contributed by atoms with Crippen molar-refractivity contribution in [3.05, 3.63) is 31.7 Å². The molecule has 0 radical (unpaired) electrons. The van der Waals surface area contributed by atoms with Gasteiger partial charge in [0.1, 0.15) is 11.0 Å². The summed E-state index contributed by atoms with van der Waals surface area (Å²) in [6.45, 7) is 10.9. The van der Waals surface area contributed by atoms with Crippen molar-refractivity contribution in [3.63, 3.8) is 0 Å². The van der Waals surface area contributed by atoms with E-state index < -0.39 is 0 Å². The van der Waals surface area contributed by atoms with Gasteiger partial charge in [0.2, 0.25) is 0 Å². The lowest BCUT2D eigenvalue weighted by Crippen LogP contribution is -2.19. The molecular weight excluding hydrogens is 286 g/mol. The lowest BCUT2D eigenvalue weighted by molar-refractivity contribution is 0.576. The van der Waals surface area contributed by atoms with Gasteiger partial charge in [-0.3, -0.25) is 0 Å². The predicted octanol–water partition coefficient (Wildman–Crippen LogP) is 4.08. The van der Waals surface area contributed by atoms with E-state index in [2.05, 4.69) is 45.3 Å². The Morgan fingerprint density at radius 3 is 2.45 bits per heavy atom. The SMILES string of the molecule is CCc1nc(C(NC)c2csc(C(C)(C)C)n2)sc1C. The van der Waals surface area contributed by atoms with Gasteiger partial charge in [-0.05, 0) is 20.4 Å². The Kier molecular flexibility index (Phi) is 4.62. The second kappa shape index (κ2) is 5.92. The van der Waals surface area contributed by atoms with Crippen molar-refractivity contribution < 1.29 is 0 Å². The minimum absolute atomic E-state index is 0.103. The fourth-order valence-corrected chi connectivity index (χ4v) is 4.13. The molecule has 5 heteroatoms. The van der Waals surface area contributed by atoms with Gasteiger partial charge in [0, 0.05) is 15.7 Å². The molecule has 0 amide bonds. The summed E-state index contributed by atoms with van der Waals surface area (Å²) in [4.78, 5) is 10.9. The molecular formula is C15H23N3S2. The van der Waals surface area contributed by atoms with Crippen molar-refractivity contribution in [3.8, 4) is 0 Å². The van der Waals surface area contributed by atoms with E-state index in [9.17, 15) is 0 Å². The first-order valence-corrected chi connectivity index (χ1v) is 8.65. The minimum Gasteiger partial charge on any atom is -0.306 e. The van der Waals surface area contributed by atoms with Crippen LogP contribution in [0.3, 0.4) is 0 Å². The van der Waals surface area contributed by atoms with Crippen LogP contribution in [0.15, 0.2) is 5.38 Å². The van der Waals surface area contributed by atoms with Crippen LogP contribution in [0, 0.1) is 6.92 Å². The summed E-state index contributed by atoms with van der Waals surface area (Å²) < 4.78 is 0. The summed E-state index contributed by atoms with van der Waals surface area (Å²) in [7, 11) is 1.98. The highest BCUT2D eigenvalue weighted by atomic mass is 32.1. The van der Waals surface area contributed by atoms with Gasteiger partial charge < -0.3 is 5.32 Å². The van der Waals surface area contributed by atoms with Gasteiger partial charge in [-0.15, -0.1) is 22.7 Å². The molecule has 0 saturated carbocycles. The molecule has 2 aromatic heterocycles. The third-order valence-corrected chi connectivity index (χ3v) is 5.60. The van der Waals surface area contributed by atoms with Crippen LogP contribution in [0.5, 0.6) is 0 Å². The topological polar surface area (TPSA) is 37.8 Å². The Bertz CT molecular complexity index is 578. The summed E-state index contributed by atoms with van der Waals surface area (Å²) in [5.41, 5.74) is 2.39. The van der Waals surface area contributed by atoms with Gasteiger partial charge in [-0.1, -0.05) is 27.7 Å². The van der Waals surface area contributed by atoms with E-state index in [4.69, 9.17) is 9.97 Å². The zero-order chi connectivity index (χ0) is 14.9. The number of thiazole rings is 2. The molecule has 110 valence electrons. The average Bonchev–Trinajstić information content (AvgIpc) is 2.97. The van der Waals surface area contributed by atoms with Crippen molar-refractivity contribution >= 4 is 22.7 Å². The van der Waals surface area contributed by atoms with Crippen LogP contribution in [-0.4, -0.2) is 17.0 Å². The lowest BCUT2D eigenvalue weighted by Gasteiger charge is -2.15. The molecule has 0 bridgehead atoms. The predicted molar refractivity (Wildman–Crippen MR) is 87.9 cm³/mol. The fraction of sp³-hybridized carbons (Fsp3) is 0.600. The number of hydrogen-bond acceptors (Lipinski definition) is 5. The number of nitrogens with zero attached hydrogens (tertiary/aromatic N) is 2. The first-order chi connectivity index (χ1) is 9.36. The van der Waals surface area contributed by atoms with Gasteiger partial charge in [0.15, 0.2) is 0 Å². The summed E-state index contributed by atoms with van der Waals surface area (Å²) >= 11 is 3.51. The Morgan fingerprint density at radius 2 is 2.00 bits per heavy atom. The van der Waals surface area contributed by atoms with Gasteiger partial charge in [0.05, 0.1) is 16.4 Å². The maximum absolute atomic E-state index is 4.82. The van der Waals surface area contributed by atoms with Crippen molar-refractivity contribution in [1.29, 1.82) is 0 Å². The molecule has 0 aliphatic rings. The third kappa shape index (κ3) is 3.10. The molecule has 3 nitrogen and oxygen atoms in total. The summed E-state index contributed by atoms with van der Waals surface area (Å²) in [5.74, 6) is 0. The number of aromatic nitrogens is 2. The maximum Gasteiger partial charge on any atom is 0.116 e. The van der Waals surface area contributed by atoms with Gasteiger partial charge in [0.25, 0.3) is 0 Å². The minimum atomic E-state index is 0.103. The lowest BCUT2D eigenvalue weighted by atomic mass is 9.98. The molecule has 2 rings (SSSR count). The highest BCUT2D eigenvalue weighted by Gasteiger charge is 2.24. The van der Waals surface area contributed by atoms with Gasteiger partial charge in [-0.25, -0.2) is 9.97 Å². The molecule has 0 aliphatic carbocycles. The second-order valence-corrected chi connectivity index (χ2v) is 8.05. The highest BCUT2D eigenvalue weighted by molar-refractivity contribution is 7.12. The van der Waals surface area contributed by atoms with Crippen molar-refractivity contribution in [2.45, 2.75) is 52.5 Å². The van der Waals surface area contributed by atoms with Gasteiger partial charge >= 0.3 is 0 Å². The van der Waals surface area contributed by atoms with Crippen molar-refractivity contribution in [2.24, 2.45) is 0 Å². The zero-order valence-electron chi connectivity index (χ0n) is 13.1. The average molecular weight is 310 g/mol. The van der Waals surface area contributed by atoms with E-state index in [-0.39, 0.29) is 11.5 Å². The Balaban J connectivity index is 2.34. The molecule has 0 aromatic carbocycles. The normalized spacial score (nSPS) is 13.7. The first kappa shape index (κ1) is 15.6. The van der Waals surface area contributed by atoms with Crippen molar-refractivity contribution in [1.82, 2.24) is 15.3 Å². The largest absolute Gasteiger partial charge is 0.306 e. The van der Waals surface area contributed by atoms with E-state index in [0.29, 0.717) is 0 Å². The van der Waals surface area contributed by atoms with E-state index in [1.807, 2.05) is 7.05 Å². The summed E-state index contributed by atoms with van der Waals surface area (Å²) in [6.07, 6.45) is 0.989. The van der Waals surface area contributed by atoms with E-state index >= 15 is 0 Å². The van der Waals surface area contributed by atoms with Crippen LogP contribution < -0.4 is 5.32 Å². The van der Waals surface area contributed by atoms with Gasteiger partial charge in [-0.2, -0.15) is 0 Å². The Labute approximate surface area is 129 Å². The monoisotopic (exact) mass is 309 g/mol. The molecule has 0 fully saturated rings. The molecule has 1 atom stereocenters. The van der Waals surface area contributed by atoms with Crippen LogP contribution in [0.25, 0.3) is 0 Å². The first-order valence-electron chi connectivity index (χ1n) is 6.96. The molecule has 0 saturated heterocycles. The molecule has 0 aliphatic heterocycles. The Hall–Kier alpha value is -0.780. The molecule has 0 spiro atoms. The highest BCUT2D eigenvalue weighted by Crippen LogP contribution is 2.32. The second-order valence-electron chi connectivity index (χ2n) is 5.96. The van der Waals surface area contributed by atoms with E-state index in [1.165, 1.54) is 15.6 Å². The van der Waals surface area contributed by atoms with E-state index in [1.54, 1.807) is 22.7 Å². The molecule has 2 heterocycles. The fourth-order valence-electron chi connectivity index (χ4n) is 2.06. The van der Waals surface area contributed by atoms with Crippen LogP contribution in [0.4, 0.5) is 0 Å². The zero-order valence-corrected chi connectivity index (χ0v) is 14.7. The molecule has 2 aromatic rings. The van der Waals surface area contributed by atoms with Crippen molar-refractivity contribution in [2.75, 3.05) is 7.05 Å².